The molecule has 1 aromatic rings. The van der Waals surface area contributed by atoms with Crippen LogP contribution in [0.2, 0.25) is 0 Å². The minimum atomic E-state index is -0.460. The van der Waals surface area contributed by atoms with Crippen LogP contribution in [-0.2, 0) is 4.74 Å². The summed E-state index contributed by atoms with van der Waals surface area (Å²) in [4.78, 5) is 11.5. The molecular weight excluding hydrogens is 176 g/mol. The molecule has 0 aliphatic carbocycles. The molecule has 1 aromatic carbocycles. The molecule has 0 heterocycles. The van der Waals surface area contributed by atoms with E-state index in [1.807, 2.05) is 20.8 Å². The average Bonchev–Trinajstić information content (AvgIpc) is 2.02. The van der Waals surface area contributed by atoms with Gasteiger partial charge in [-0.15, -0.1) is 0 Å². The van der Waals surface area contributed by atoms with E-state index in [2.05, 4.69) is 0 Å². The third kappa shape index (κ3) is 3.21. The van der Waals surface area contributed by atoms with Gasteiger partial charge in [0.2, 0.25) is 0 Å². The van der Waals surface area contributed by atoms with Crippen LogP contribution in [0, 0.1) is 6.92 Å². The van der Waals surface area contributed by atoms with Crippen LogP contribution in [0.4, 0.5) is 0 Å². The summed E-state index contributed by atoms with van der Waals surface area (Å²) >= 11 is 0. The van der Waals surface area contributed by atoms with Crippen LogP contribution in [0.1, 0.15) is 36.7 Å². The van der Waals surface area contributed by atoms with E-state index in [4.69, 9.17) is 11.7 Å². The molecule has 0 aromatic heterocycles. The molecule has 2 radical (unpaired) electrons. The van der Waals surface area contributed by atoms with Gasteiger partial charge in [0.1, 0.15) is 5.60 Å². The fourth-order valence-electron chi connectivity index (χ4n) is 0.956. The number of carbonyl (C=O) groups excluding carboxylic acids is 1. The van der Waals surface area contributed by atoms with Crippen molar-refractivity contribution in [2.24, 2.45) is 0 Å². The lowest BCUT2D eigenvalue weighted by atomic mass is 10.1. The summed E-state index contributed by atoms with van der Waals surface area (Å²) in [5, 5.41) is 0. The van der Waals surface area contributed by atoms with Gasteiger partial charge in [-0.1, -0.05) is 12.1 Å². The fraction of sp³-hybridized carbons (Fsp3) is 0.333. The predicted octanol–water partition coefficient (Wildman–Crippen LogP) is 2.70. The maximum absolute atomic E-state index is 11.5. The number of esters is 1. The number of carbonyl (C=O) groups is 1. The van der Waals surface area contributed by atoms with Crippen molar-refractivity contribution >= 4 is 5.97 Å². The highest BCUT2D eigenvalue weighted by Gasteiger charge is 2.17. The SMILES string of the molecule is [CH]c1ccc(C(=O)OC(C)(C)C)cc1. The summed E-state index contributed by atoms with van der Waals surface area (Å²) in [6.07, 6.45) is 0. The quantitative estimate of drug-likeness (QED) is 0.636. The topological polar surface area (TPSA) is 26.3 Å². The van der Waals surface area contributed by atoms with Gasteiger partial charge in [0.15, 0.2) is 0 Å². The first-order valence-electron chi connectivity index (χ1n) is 4.47. The van der Waals surface area contributed by atoms with Gasteiger partial charge in [0.05, 0.1) is 5.56 Å². The molecule has 1 rings (SSSR count). The standard InChI is InChI=1S/C12H14O2/c1-9-5-7-10(8-6-9)11(13)14-12(2,3)4/h1,5-8H,2-4H3. The molecule has 0 saturated heterocycles. The van der Waals surface area contributed by atoms with Crippen LogP contribution in [0.3, 0.4) is 0 Å². The first-order valence-corrected chi connectivity index (χ1v) is 4.47. The predicted molar refractivity (Wildman–Crippen MR) is 55.0 cm³/mol. The van der Waals surface area contributed by atoms with Crippen molar-refractivity contribution in [2.75, 3.05) is 0 Å². The van der Waals surface area contributed by atoms with Crippen molar-refractivity contribution in [3.8, 4) is 0 Å². The fourth-order valence-corrected chi connectivity index (χ4v) is 0.956. The lowest BCUT2D eigenvalue weighted by Crippen LogP contribution is -2.23. The lowest BCUT2D eigenvalue weighted by molar-refractivity contribution is 0.00696. The molecule has 0 aliphatic rings. The molecule has 0 unspecified atom stereocenters. The third-order valence-corrected chi connectivity index (χ3v) is 1.55. The maximum atomic E-state index is 11.5. The van der Waals surface area contributed by atoms with Crippen LogP contribution >= 0.6 is 0 Å². The molecule has 0 saturated carbocycles. The number of benzene rings is 1. The van der Waals surface area contributed by atoms with Gasteiger partial charge in [-0.3, -0.25) is 0 Å². The van der Waals surface area contributed by atoms with Gasteiger partial charge in [0.25, 0.3) is 0 Å². The highest BCUT2D eigenvalue weighted by molar-refractivity contribution is 5.89. The molecule has 14 heavy (non-hydrogen) atoms. The third-order valence-electron chi connectivity index (χ3n) is 1.55. The van der Waals surface area contributed by atoms with Crippen LogP contribution < -0.4 is 0 Å². The van der Waals surface area contributed by atoms with E-state index in [1.54, 1.807) is 24.3 Å². The minimum absolute atomic E-state index is 0.322. The van der Waals surface area contributed by atoms with E-state index >= 15 is 0 Å². The summed E-state index contributed by atoms with van der Waals surface area (Å²) in [7, 11) is 0. The monoisotopic (exact) mass is 190 g/mol. The maximum Gasteiger partial charge on any atom is 0.338 e. The van der Waals surface area contributed by atoms with Gasteiger partial charge in [-0.05, 0) is 45.4 Å². The number of ether oxygens (including phenoxy) is 1. The van der Waals surface area contributed by atoms with E-state index in [0.29, 0.717) is 11.1 Å². The summed E-state index contributed by atoms with van der Waals surface area (Å²) in [6, 6.07) is 6.67. The first kappa shape index (κ1) is 10.8. The van der Waals surface area contributed by atoms with Gasteiger partial charge in [-0.25, -0.2) is 4.79 Å². The van der Waals surface area contributed by atoms with Crippen LogP contribution in [0.25, 0.3) is 0 Å². The van der Waals surface area contributed by atoms with Gasteiger partial charge in [-0.2, -0.15) is 0 Å². The Morgan fingerprint density at radius 1 is 1.21 bits per heavy atom. The number of hydrogen-bond donors (Lipinski definition) is 0. The molecule has 0 amide bonds. The summed E-state index contributed by atoms with van der Waals surface area (Å²) in [5.41, 5.74) is 0.699. The molecular formula is C12H14O2. The average molecular weight is 190 g/mol. The van der Waals surface area contributed by atoms with Crippen LogP contribution in [0.5, 0.6) is 0 Å². The summed E-state index contributed by atoms with van der Waals surface area (Å²) in [5.74, 6) is -0.322. The van der Waals surface area contributed by atoms with Crippen molar-refractivity contribution in [2.45, 2.75) is 26.4 Å². The second-order valence-corrected chi connectivity index (χ2v) is 4.12. The second kappa shape index (κ2) is 3.82. The van der Waals surface area contributed by atoms with E-state index in [1.165, 1.54) is 0 Å². The van der Waals surface area contributed by atoms with Crippen LogP contribution in [0.15, 0.2) is 24.3 Å². The Labute approximate surface area is 84.9 Å². The molecule has 2 heteroatoms. The van der Waals surface area contributed by atoms with Crippen molar-refractivity contribution in [1.29, 1.82) is 0 Å². The summed E-state index contributed by atoms with van der Waals surface area (Å²) in [6.45, 7) is 11.0. The minimum Gasteiger partial charge on any atom is -0.456 e. The Bertz CT molecular complexity index is 317. The highest BCUT2D eigenvalue weighted by Crippen LogP contribution is 2.12. The number of hydrogen-bond acceptors (Lipinski definition) is 2. The molecule has 74 valence electrons. The van der Waals surface area contributed by atoms with Gasteiger partial charge in [0, 0.05) is 0 Å². The van der Waals surface area contributed by atoms with Gasteiger partial charge >= 0.3 is 5.97 Å². The zero-order valence-electron chi connectivity index (χ0n) is 8.70. The normalized spacial score (nSPS) is 11.1. The Kier molecular flexibility index (Phi) is 2.94. The number of rotatable bonds is 1. The lowest BCUT2D eigenvalue weighted by Gasteiger charge is -2.19. The van der Waals surface area contributed by atoms with Crippen molar-refractivity contribution in [3.05, 3.63) is 42.3 Å². The Balaban J connectivity index is 2.76. The smallest absolute Gasteiger partial charge is 0.338 e. The summed E-state index contributed by atoms with van der Waals surface area (Å²) < 4.78 is 5.18. The van der Waals surface area contributed by atoms with E-state index in [0.717, 1.165) is 0 Å². The van der Waals surface area contributed by atoms with Crippen molar-refractivity contribution in [1.82, 2.24) is 0 Å². The Morgan fingerprint density at radius 2 is 1.71 bits per heavy atom. The second-order valence-electron chi connectivity index (χ2n) is 4.12. The van der Waals surface area contributed by atoms with Crippen molar-refractivity contribution in [3.63, 3.8) is 0 Å². The Morgan fingerprint density at radius 3 is 2.14 bits per heavy atom. The zero-order chi connectivity index (χ0) is 10.8. The van der Waals surface area contributed by atoms with Crippen LogP contribution in [-0.4, -0.2) is 11.6 Å². The Hall–Kier alpha value is -1.31. The molecule has 0 N–H and O–H groups in total. The molecule has 0 spiro atoms. The van der Waals surface area contributed by atoms with Gasteiger partial charge < -0.3 is 4.74 Å². The van der Waals surface area contributed by atoms with E-state index < -0.39 is 5.60 Å². The first-order chi connectivity index (χ1) is 6.38. The van der Waals surface area contributed by atoms with E-state index in [9.17, 15) is 4.79 Å². The molecule has 0 atom stereocenters. The molecule has 0 aliphatic heterocycles. The van der Waals surface area contributed by atoms with E-state index in [-0.39, 0.29) is 5.97 Å². The van der Waals surface area contributed by atoms with Crippen molar-refractivity contribution < 1.29 is 9.53 Å². The molecule has 0 fully saturated rings. The molecule has 0 bridgehead atoms. The highest BCUT2D eigenvalue weighted by atomic mass is 16.6. The molecule has 2 nitrogen and oxygen atoms in total. The zero-order valence-corrected chi connectivity index (χ0v) is 8.70. The largest absolute Gasteiger partial charge is 0.456 e.